The first-order valence-electron chi connectivity index (χ1n) is 9.59. The van der Waals surface area contributed by atoms with E-state index in [0.29, 0.717) is 12.3 Å². The molecule has 1 aromatic carbocycles. The van der Waals surface area contributed by atoms with Crippen molar-refractivity contribution in [2.75, 3.05) is 24.5 Å². The van der Waals surface area contributed by atoms with E-state index >= 15 is 0 Å². The van der Waals surface area contributed by atoms with Crippen LogP contribution in [0.3, 0.4) is 0 Å². The number of amides is 2. The number of nitrogens with two attached hydrogens (primary N) is 1. The third-order valence-electron chi connectivity index (χ3n) is 6.14. The Hall–Kier alpha value is -1.88. The molecule has 0 aromatic heterocycles. The number of anilines is 1. The van der Waals surface area contributed by atoms with Gasteiger partial charge < -0.3 is 15.5 Å². The predicted molar refractivity (Wildman–Crippen MR) is 97.3 cm³/mol. The summed E-state index contributed by atoms with van der Waals surface area (Å²) in [6.07, 6.45) is 5.49. The van der Waals surface area contributed by atoms with Crippen LogP contribution in [-0.2, 0) is 9.59 Å². The molecule has 5 heteroatoms. The fourth-order valence-electron chi connectivity index (χ4n) is 4.70. The van der Waals surface area contributed by atoms with Crippen molar-refractivity contribution in [3.05, 3.63) is 29.8 Å². The lowest BCUT2D eigenvalue weighted by Gasteiger charge is -2.24. The lowest BCUT2D eigenvalue weighted by Crippen LogP contribution is -2.41. The predicted octanol–water partition coefficient (Wildman–Crippen LogP) is 2.26. The zero-order valence-electron chi connectivity index (χ0n) is 14.7. The highest BCUT2D eigenvalue weighted by molar-refractivity contribution is 5.98. The number of likely N-dealkylation sites (tertiary alicyclic amines) is 1. The number of fused-ring (bicyclic) bond motifs is 1. The fraction of sp³-hybridized carbons (Fsp3) is 0.600. The molecule has 3 aliphatic rings. The molecule has 2 amide bonds. The summed E-state index contributed by atoms with van der Waals surface area (Å²) in [4.78, 5) is 28.8. The molecular weight excluding hydrogens is 314 g/mol. The molecule has 2 aliphatic heterocycles. The van der Waals surface area contributed by atoms with Gasteiger partial charge in [-0.1, -0.05) is 24.6 Å². The summed E-state index contributed by atoms with van der Waals surface area (Å²) in [5.41, 5.74) is 8.46. The van der Waals surface area contributed by atoms with Crippen molar-refractivity contribution in [3.8, 4) is 0 Å². The number of nitrogens with zero attached hydrogens (tertiary/aromatic N) is 2. The van der Waals surface area contributed by atoms with Crippen LogP contribution in [0.15, 0.2) is 24.3 Å². The Balaban J connectivity index is 1.49. The van der Waals surface area contributed by atoms with Crippen LogP contribution < -0.4 is 10.6 Å². The first kappa shape index (κ1) is 16.6. The Kier molecular flexibility index (Phi) is 4.50. The van der Waals surface area contributed by atoms with Crippen molar-refractivity contribution in [1.82, 2.24) is 4.90 Å². The Morgan fingerprint density at radius 3 is 2.76 bits per heavy atom. The molecule has 25 heavy (non-hydrogen) atoms. The molecule has 0 bridgehead atoms. The summed E-state index contributed by atoms with van der Waals surface area (Å²) in [5, 5.41) is 0. The van der Waals surface area contributed by atoms with Gasteiger partial charge in [0.15, 0.2) is 0 Å². The molecule has 1 saturated heterocycles. The van der Waals surface area contributed by atoms with Crippen LogP contribution in [0.4, 0.5) is 5.69 Å². The van der Waals surface area contributed by atoms with E-state index in [2.05, 4.69) is 12.1 Å². The first-order chi connectivity index (χ1) is 12.1. The zero-order chi connectivity index (χ0) is 17.4. The van der Waals surface area contributed by atoms with Crippen molar-refractivity contribution < 1.29 is 9.59 Å². The minimum absolute atomic E-state index is 0.000865. The molecule has 2 heterocycles. The molecule has 1 saturated carbocycles. The van der Waals surface area contributed by atoms with Crippen molar-refractivity contribution >= 4 is 17.5 Å². The fourth-order valence-corrected chi connectivity index (χ4v) is 4.70. The highest BCUT2D eigenvalue weighted by Gasteiger charge is 2.39. The highest BCUT2D eigenvalue weighted by Crippen LogP contribution is 2.40. The van der Waals surface area contributed by atoms with E-state index in [1.54, 1.807) is 0 Å². The van der Waals surface area contributed by atoms with E-state index in [1.165, 1.54) is 5.56 Å². The van der Waals surface area contributed by atoms with Gasteiger partial charge in [-0.3, -0.25) is 9.59 Å². The van der Waals surface area contributed by atoms with Crippen molar-refractivity contribution in [2.24, 2.45) is 11.7 Å². The molecule has 3 unspecified atom stereocenters. The van der Waals surface area contributed by atoms with E-state index in [0.717, 1.165) is 57.4 Å². The molecule has 5 nitrogen and oxygen atoms in total. The van der Waals surface area contributed by atoms with Gasteiger partial charge in [0.2, 0.25) is 11.8 Å². The number of carbonyl (C=O) groups excluding carboxylic acids is 2. The average Bonchev–Trinajstić information content (AvgIpc) is 3.31. The van der Waals surface area contributed by atoms with Crippen LogP contribution in [-0.4, -0.2) is 42.4 Å². The number of hydrogen-bond donors (Lipinski definition) is 1. The summed E-state index contributed by atoms with van der Waals surface area (Å²) in [6, 6.07) is 8.23. The summed E-state index contributed by atoms with van der Waals surface area (Å²) in [7, 11) is 0. The normalized spacial score (nSPS) is 28.7. The molecule has 2 N–H and O–H groups in total. The minimum atomic E-state index is -0.0352. The number of para-hydroxylation sites is 1. The minimum Gasteiger partial charge on any atom is -0.343 e. The van der Waals surface area contributed by atoms with Crippen LogP contribution >= 0.6 is 0 Å². The summed E-state index contributed by atoms with van der Waals surface area (Å²) in [5.74, 6) is 0.742. The van der Waals surface area contributed by atoms with Crippen LogP contribution in [0.25, 0.3) is 0 Å². The average molecular weight is 341 g/mol. The third kappa shape index (κ3) is 3.06. The molecule has 1 aromatic rings. The highest BCUT2D eigenvalue weighted by atomic mass is 16.2. The summed E-state index contributed by atoms with van der Waals surface area (Å²) in [6.45, 7) is 2.40. The van der Waals surface area contributed by atoms with E-state index in [4.69, 9.17) is 5.73 Å². The maximum Gasteiger partial charge on any atom is 0.231 e. The molecule has 134 valence electrons. The van der Waals surface area contributed by atoms with Gasteiger partial charge in [-0.15, -0.1) is 0 Å². The quantitative estimate of drug-likeness (QED) is 0.913. The van der Waals surface area contributed by atoms with Crippen molar-refractivity contribution in [2.45, 2.75) is 50.5 Å². The van der Waals surface area contributed by atoms with Gasteiger partial charge in [-0.05, 0) is 37.3 Å². The molecule has 4 rings (SSSR count). The number of hydrogen-bond acceptors (Lipinski definition) is 3. The first-order valence-corrected chi connectivity index (χ1v) is 9.59. The van der Waals surface area contributed by atoms with Gasteiger partial charge in [-0.2, -0.15) is 0 Å². The molecule has 2 fully saturated rings. The Morgan fingerprint density at radius 1 is 1.20 bits per heavy atom. The maximum atomic E-state index is 13.1. The van der Waals surface area contributed by atoms with Gasteiger partial charge in [0.25, 0.3) is 0 Å². The third-order valence-corrected chi connectivity index (χ3v) is 6.14. The van der Waals surface area contributed by atoms with Gasteiger partial charge in [0.1, 0.15) is 0 Å². The lowest BCUT2D eigenvalue weighted by atomic mass is 9.98. The van der Waals surface area contributed by atoms with Gasteiger partial charge in [-0.25, -0.2) is 0 Å². The second kappa shape index (κ2) is 6.79. The monoisotopic (exact) mass is 341 g/mol. The van der Waals surface area contributed by atoms with Gasteiger partial charge >= 0.3 is 0 Å². The Labute approximate surface area is 149 Å². The van der Waals surface area contributed by atoms with Crippen molar-refractivity contribution in [1.29, 1.82) is 0 Å². The topological polar surface area (TPSA) is 66.6 Å². The Morgan fingerprint density at radius 2 is 2.04 bits per heavy atom. The van der Waals surface area contributed by atoms with Crippen LogP contribution in [0.5, 0.6) is 0 Å². The molecule has 3 atom stereocenters. The molecular formula is C20H27N3O2. The molecule has 1 aliphatic carbocycles. The van der Waals surface area contributed by atoms with Crippen LogP contribution in [0, 0.1) is 5.92 Å². The van der Waals surface area contributed by atoms with E-state index in [9.17, 15) is 9.59 Å². The zero-order valence-corrected chi connectivity index (χ0v) is 14.7. The van der Waals surface area contributed by atoms with Gasteiger partial charge in [0, 0.05) is 43.7 Å². The smallest absolute Gasteiger partial charge is 0.231 e. The van der Waals surface area contributed by atoms with Crippen LogP contribution in [0.2, 0.25) is 0 Å². The van der Waals surface area contributed by atoms with E-state index in [-0.39, 0.29) is 23.8 Å². The number of carbonyl (C=O) groups is 2. The second-order valence-electron chi connectivity index (χ2n) is 7.68. The van der Waals surface area contributed by atoms with E-state index < -0.39 is 0 Å². The molecule has 0 spiro atoms. The van der Waals surface area contributed by atoms with Gasteiger partial charge in [0.05, 0.1) is 5.92 Å². The number of benzene rings is 1. The maximum absolute atomic E-state index is 13.1. The standard InChI is InChI=1S/C20H27N3O2/c21-17-7-3-6-16(17)20(25)23-13-14(15-5-1-2-8-18(15)23)10-12-22-11-4-9-19(22)24/h1-2,5,8,14,16-17H,3-4,6-7,9-13,21H2. The van der Waals surface area contributed by atoms with Crippen LogP contribution in [0.1, 0.15) is 50.0 Å². The summed E-state index contributed by atoms with van der Waals surface area (Å²) >= 11 is 0. The lowest BCUT2D eigenvalue weighted by molar-refractivity contribution is -0.128. The largest absolute Gasteiger partial charge is 0.343 e. The Bertz CT molecular complexity index is 675. The summed E-state index contributed by atoms with van der Waals surface area (Å²) < 4.78 is 0. The van der Waals surface area contributed by atoms with Crippen molar-refractivity contribution in [3.63, 3.8) is 0 Å². The SMILES string of the molecule is NC1CCCC1C(=O)N1CC(CCN2CCCC2=O)c2ccccc21. The van der Waals surface area contributed by atoms with E-state index in [1.807, 2.05) is 21.9 Å². The molecule has 0 radical (unpaired) electrons. The second-order valence-corrected chi connectivity index (χ2v) is 7.68. The number of rotatable bonds is 4.